The van der Waals surface area contributed by atoms with Crippen LogP contribution in [0.2, 0.25) is 0 Å². The Hall–Kier alpha value is -2.15. The summed E-state index contributed by atoms with van der Waals surface area (Å²) in [5.74, 6) is 2.22. The molecule has 5 rings (SSSR count). The Labute approximate surface area is 164 Å². The van der Waals surface area contributed by atoms with Gasteiger partial charge in [-0.3, -0.25) is 15.8 Å². The third-order valence-electron chi connectivity index (χ3n) is 6.22. The lowest BCUT2D eigenvalue weighted by Crippen LogP contribution is -2.46. The summed E-state index contributed by atoms with van der Waals surface area (Å²) in [6, 6.07) is 13.6. The van der Waals surface area contributed by atoms with Crippen LogP contribution in [-0.2, 0) is 6.54 Å². The van der Waals surface area contributed by atoms with Crippen LogP contribution in [0.25, 0.3) is 0 Å². The van der Waals surface area contributed by atoms with E-state index in [0.717, 1.165) is 49.7 Å². The van der Waals surface area contributed by atoms with E-state index in [1.165, 1.54) is 12.0 Å². The summed E-state index contributed by atoms with van der Waals surface area (Å²) in [4.78, 5) is 2.50. The first kappa shape index (κ1) is 17.9. The van der Waals surface area contributed by atoms with Crippen LogP contribution >= 0.6 is 0 Å². The normalized spacial score (nSPS) is 27.2. The molecule has 0 amide bonds. The average Bonchev–Trinajstić information content (AvgIpc) is 3.38. The molecule has 2 aromatic rings. The Morgan fingerprint density at radius 2 is 2.00 bits per heavy atom. The number of benzene rings is 2. The summed E-state index contributed by atoms with van der Waals surface area (Å²) in [6.45, 7) is 4.08. The van der Waals surface area contributed by atoms with Gasteiger partial charge in [-0.2, -0.15) is 0 Å². The zero-order chi connectivity index (χ0) is 18.9. The van der Waals surface area contributed by atoms with Crippen LogP contribution in [0.15, 0.2) is 42.5 Å². The maximum Gasteiger partial charge on any atom is 0.231 e. The number of hydrazine groups is 1. The molecule has 2 fully saturated rings. The van der Waals surface area contributed by atoms with Crippen molar-refractivity contribution >= 4 is 0 Å². The number of fused-ring (bicyclic) bond motifs is 1. The van der Waals surface area contributed by atoms with Gasteiger partial charge in [-0.25, -0.2) is 4.39 Å². The fraction of sp³-hybridized carbons (Fsp3) is 0.455. The van der Waals surface area contributed by atoms with Gasteiger partial charge in [0.05, 0.1) is 0 Å². The molecule has 5 nitrogen and oxygen atoms in total. The molecule has 2 aromatic carbocycles. The predicted molar refractivity (Wildman–Crippen MR) is 105 cm³/mol. The standard InChI is InChI=1S/C22H26FN3O2/c23-19-6-2-1-5-17(19)18-11-24-25-22(18)16-4-3-9-26(13-16)12-15-7-8-20-21(10-15)28-14-27-20/h1-2,5-8,10,16,18,22,24-25H,3-4,9,11-14H2. The summed E-state index contributed by atoms with van der Waals surface area (Å²) >= 11 is 0. The van der Waals surface area contributed by atoms with Crippen molar-refractivity contribution in [2.75, 3.05) is 26.4 Å². The Balaban J connectivity index is 1.28. The number of rotatable bonds is 4. The lowest BCUT2D eigenvalue weighted by Gasteiger charge is -2.37. The van der Waals surface area contributed by atoms with E-state index in [9.17, 15) is 4.39 Å². The highest BCUT2D eigenvalue weighted by Gasteiger charge is 2.37. The Kier molecular flexibility index (Phi) is 4.93. The van der Waals surface area contributed by atoms with Gasteiger partial charge >= 0.3 is 0 Å². The van der Waals surface area contributed by atoms with Crippen molar-refractivity contribution in [2.24, 2.45) is 5.92 Å². The van der Waals surface area contributed by atoms with Crippen LogP contribution in [-0.4, -0.2) is 37.4 Å². The van der Waals surface area contributed by atoms with Gasteiger partial charge in [-0.05, 0) is 54.6 Å². The highest BCUT2D eigenvalue weighted by Crippen LogP contribution is 2.35. The second kappa shape index (κ2) is 7.70. The number of nitrogens with one attached hydrogen (secondary N) is 2. The topological polar surface area (TPSA) is 45.8 Å². The lowest BCUT2D eigenvalue weighted by atomic mass is 9.81. The number of hydrogen-bond acceptors (Lipinski definition) is 5. The molecule has 28 heavy (non-hydrogen) atoms. The van der Waals surface area contributed by atoms with E-state index in [-0.39, 0.29) is 17.8 Å². The summed E-state index contributed by atoms with van der Waals surface area (Å²) in [6.07, 6.45) is 2.33. The van der Waals surface area contributed by atoms with E-state index < -0.39 is 0 Å². The molecule has 6 heteroatoms. The molecule has 2 N–H and O–H groups in total. The molecule has 3 heterocycles. The zero-order valence-electron chi connectivity index (χ0n) is 15.9. The van der Waals surface area contributed by atoms with Gasteiger partial charge in [0.1, 0.15) is 5.82 Å². The second-order valence-electron chi connectivity index (χ2n) is 8.00. The molecule has 0 aromatic heterocycles. The number of likely N-dealkylation sites (tertiary alicyclic amines) is 1. The number of nitrogens with zero attached hydrogens (tertiary/aromatic N) is 1. The number of piperidine rings is 1. The predicted octanol–water partition coefficient (Wildman–Crippen LogP) is 3.03. The smallest absolute Gasteiger partial charge is 0.231 e. The summed E-state index contributed by atoms with van der Waals surface area (Å²) < 4.78 is 25.3. The van der Waals surface area contributed by atoms with Crippen molar-refractivity contribution in [3.8, 4) is 11.5 Å². The van der Waals surface area contributed by atoms with Gasteiger partial charge in [0, 0.05) is 31.6 Å². The molecule has 0 saturated carbocycles. The quantitative estimate of drug-likeness (QED) is 0.850. The third kappa shape index (κ3) is 3.48. The first-order chi connectivity index (χ1) is 13.8. The molecule has 0 radical (unpaired) electrons. The number of ether oxygens (including phenoxy) is 2. The highest BCUT2D eigenvalue weighted by molar-refractivity contribution is 5.44. The first-order valence-corrected chi connectivity index (χ1v) is 10.1. The fourth-order valence-corrected chi connectivity index (χ4v) is 4.87. The van der Waals surface area contributed by atoms with Gasteiger partial charge in [0.25, 0.3) is 0 Å². The van der Waals surface area contributed by atoms with Crippen LogP contribution in [0.3, 0.4) is 0 Å². The molecule has 3 aliphatic heterocycles. The second-order valence-corrected chi connectivity index (χ2v) is 8.00. The SMILES string of the molecule is Fc1ccccc1C1CNNC1C1CCCN(Cc2ccc3c(c2)OCO3)C1. The largest absolute Gasteiger partial charge is 0.454 e. The van der Waals surface area contributed by atoms with Crippen LogP contribution in [0, 0.1) is 11.7 Å². The van der Waals surface area contributed by atoms with E-state index in [2.05, 4.69) is 27.9 Å². The molecular formula is C22H26FN3O2. The average molecular weight is 383 g/mol. The summed E-state index contributed by atoms with van der Waals surface area (Å²) in [5, 5.41) is 0. The van der Waals surface area contributed by atoms with E-state index in [1.54, 1.807) is 12.1 Å². The van der Waals surface area contributed by atoms with Crippen LogP contribution in [0.5, 0.6) is 11.5 Å². The molecule has 3 atom stereocenters. The van der Waals surface area contributed by atoms with Gasteiger partial charge in [0.2, 0.25) is 6.79 Å². The molecule has 0 aliphatic carbocycles. The van der Waals surface area contributed by atoms with Crippen molar-refractivity contribution in [1.29, 1.82) is 0 Å². The minimum absolute atomic E-state index is 0.101. The van der Waals surface area contributed by atoms with Crippen LogP contribution < -0.4 is 20.3 Å². The fourth-order valence-electron chi connectivity index (χ4n) is 4.87. The first-order valence-electron chi connectivity index (χ1n) is 10.1. The van der Waals surface area contributed by atoms with Crippen molar-refractivity contribution in [3.05, 3.63) is 59.4 Å². The van der Waals surface area contributed by atoms with E-state index in [4.69, 9.17) is 9.47 Å². The number of halogens is 1. The van der Waals surface area contributed by atoms with Crippen molar-refractivity contribution < 1.29 is 13.9 Å². The molecule has 148 valence electrons. The third-order valence-corrected chi connectivity index (χ3v) is 6.22. The molecule has 3 unspecified atom stereocenters. The molecule has 0 bridgehead atoms. The van der Waals surface area contributed by atoms with Crippen LogP contribution in [0.4, 0.5) is 4.39 Å². The lowest BCUT2D eigenvalue weighted by molar-refractivity contribution is 0.139. The summed E-state index contributed by atoms with van der Waals surface area (Å²) in [7, 11) is 0. The van der Waals surface area contributed by atoms with Gasteiger partial charge in [-0.1, -0.05) is 24.3 Å². The maximum atomic E-state index is 14.4. The molecule has 0 spiro atoms. The molecule has 2 saturated heterocycles. The minimum Gasteiger partial charge on any atom is -0.454 e. The molecule has 3 aliphatic rings. The van der Waals surface area contributed by atoms with Crippen molar-refractivity contribution in [3.63, 3.8) is 0 Å². The Bertz CT molecular complexity index is 846. The van der Waals surface area contributed by atoms with Crippen molar-refractivity contribution in [2.45, 2.75) is 31.3 Å². The minimum atomic E-state index is -0.101. The monoisotopic (exact) mass is 383 g/mol. The van der Waals surface area contributed by atoms with Crippen LogP contribution in [0.1, 0.15) is 29.9 Å². The Morgan fingerprint density at radius 3 is 2.93 bits per heavy atom. The summed E-state index contributed by atoms with van der Waals surface area (Å²) in [5.41, 5.74) is 8.77. The van der Waals surface area contributed by atoms with Crippen molar-refractivity contribution in [1.82, 2.24) is 15.8 Å². The van der Waals surface area contributed by atoms with E-state index in [0.29, 0.717) is 12.7 Å². The van der Waals surface area contributed by atoms with Gasteiger partial charge < -0.3 is 9.47 Å². The van der Waals surface area contributed by atoms with E-state index in [1.807, 2.05) is 18.2 Å². The van der Waals surface area contributed by atoms with E-state index >= 15 is 0 Å². The Morgan fingerprint density at radius 1 is 1.11 bits per heavy atom. The number of hydrogen-bond donors (Lipinski definition) is 2. The molecular weight excluding hydrogens is 357 g/mol. The highest BCUT2D eigenvalue weighted by atomic mass is 19.1. The zero-order valence-corrected chi connectivity index (χ0v) is 15.9. The maximum absolute atomic E-state index is 14.4. The van der Waals surface area contributed by atoms with Gasteiger partial charge in [0.15, 0.2) is 11.5 Å². The van der Waals surface area contributed by atoms with Gasteiger partial charge in [-0.15, -0.1) is 0 Å².